The molecule has 0 amide bonds. The number of nitrogens with one attached hydrogen (secondary N) is 1. The minimum Gasteiger partial charge on any atom is -0.370 e. The quantitative estimate of drug-likeness (QED) is 0.384. The van der Waals surface area contributed by atoms with Gasteiger partial charge in [0.05, 0.1) is 6.54 Å². The lowest BCUT2D eigenvalue weighted by atomic mass is 10.1. The van der Waals surface area contributed by atoms with Crippen LogP contribution in [0.25, 0.3) is 0 Å². The van der Waals surface area contributed by atoms with Gasteiger partial charge in [0.1, 0.15) is 0 Å². The molecule has 2 aromatic carbocycles. The van der Waals surface area contributed by atoms with E-state index in [4.69, 9.17) is 5.73 Å². The van der Waals surface area contributed by atoms with Crippen LogP contribution in [-0.2, 0) is 25.9 Å². The zero-order valence-electron chi connectivity index (χ0n) is 15.8. The van der Waals surface area contributed by atoms with E-state index in [1.165, 1.54) is 67.4 Å². The second-order valence-corrected chi connectivity index (χ2v) is 7.46. The van der Waals surface area contributed by atoms with Crippen molar-refractivity contribution in [3.8, 4) is 0 Å². The standard InChI is InChI=1S/C22H28N4.HI/c23-22(25-21-11-10-19-4-3-5-20(19)14-21)24-15-17-6-8-18(9-7-17)16-26-12-1-2-13-26;/h6-11,14H,1-5,12-13,15-16H2,(H3,23,24,25);1H. The van der Waals surface area contributed by atoms with E-state index in [-0.39, 0.29) is 24.0 Å². The number of likely N-dealkylation sites (tertiary alicyclic amines) is 1. The Balaban J connectivity index is 0.00000210. The number of hydrogen-bond acceptors (Lipinski definition) is 2. The minimum atomic E-state index is 0. The predicted molar refractivity (Wildman–Crippen MR) is 124 cm³/mol. The second kappa shape index (κ2) is 9.55. The van der Waals surface area contributed by atoms with Gasteiger partial charge in [0.2, 0.25) is 0 Å². The molecule has 1 aliphatic carbocycles. The Morgan fingerprint density at radius 1 is 0.926 bits per heavy atom. The maximum absolute atomic E-state index is 6.07. The number of benzene rings is 2. The van der Waals surface area contributed by atoms with Gasteiger partial charge in [-0.2, -0.15) is 0 Å². The summed E-state index contributed by atoms with van der Waals surface area (Å²) in [6.45, 7) is 4.13. The lowest BCUT2D eigenvalue weighted by molar-refractivity contribution is 0.331. The topological polar surface area (TPSA) is 53.6 Å². The molecule has 27 heavy (non-hydrogen) atoms. The van der Waals surface area contributed by atoms with Crippen LogP contribution in [0.15, 0.2) is 47.5 Å². The summed E-state index contributed by atoms with van der Waals surface area (Å²) in [6.07, 6.45) is 6.31. The highest BCUT2D eigenvalue weighted by Crippen LogP contribution is 2.24. The fourth-order valence-corrected chi connectivity index (χ4v) is 3.96. The van der Waals surface area contributed by atoms with Gasteiger partial charge in [-0.15, -0.1) is 24.0 Å². The third-order valence-corrected chi connectivity index (χ3v) is 5.43. The largest absolute Gasteiger partial charge is 0.370 e. The molecule has 5 heteroatoms. The second-order valence-electron chi connectivity index (χ2n) is 7.46. The maximum Gasteiger partial charge on any atom is 0.193 e. The number of anilines is 1. The normalized spacial score (nSPS) is 16.8. The van der Waals surface area contributed by atoms with Crippen LogP contribution < -0.4 is 11.1 Å². The summed E-state index contributed by atoms with van der Waals surface area (Å²) in [4.78, 5) is 7.01. The number of aliphatic imine (C=N–C) groups is 1. The average Bonchev–Trinajstić information content (AvgIpc) is 3.32. The van der Waals surface area contributed by atoms with Crippen molar-refractivity contribution in [2.24, 2.45) is 10.7 Å². The Hall–Kier alpha value is -1.60. The predicted octanol–water partition coefficient (Wildman–Crippen LogP) is 4.32. The molecule has 4 nitrogen and oxygen atoms in total. The van der Waals surface area contributed by atoms with Gasteiger partial charge in [0.15, 0.2) is 5.96 Å². The van der Waals surface area contributed by atoms with Crippen LogP contribution in [0.4, 0.5) is 5.69 Å². The van der Waals surface area contributed by atoms with Crippen LogP contribution in [0.5, 0.6) is 0 Å². The van der Waals surface area contributed by atoms with Gasteiger partial charge in [-0.3, -0.25) is 4.90 Å². The molecule has 0 bridgehead atoms. The molecular weight excluding hydrogens is 447 g/mol. The Morgan fingerprint density at radius 3 is 2.41 bits per heavy atom. The maximum atomic E-state index is 6.07. The van der Waals surface area contributed by atoms with Gasteiger partial charge in [-0.05, 0) is 79.6 Å². The molecule has 0 spiro atoms. The van der Waals surface area contributed by atoms with Gasteiger partial charge in [0.25, 0.3) is 0 Å². The summed E-state index contributed by atoms with van der Waals surface area (Å²) in [5, 5.41) is 3.22. The van der Waals surface area contributed by atoms with Crippen molar-refractivity contribution in [1.82, 2.24) is 4.90 Å². The smallest absolute Gasteiger partial charge is 0.193 e. The van der Waals surface area contributed by atoms with E-state index >= 15 is 0 Å². The summed E-state index contributed by atoms with van der Waals surface area (Å²) in [5.74, 6) is 0.476. The van der Waals surface area contributed by atoms with E-state index in [1.54, 1.807) is 0 Å². The molecule has 2 aromatic rings. The van der Waals surface area contributed by atoms with Gasteiger partial charge in [-0.25, -0.2) is 4.99 Å². The Kier molecular flexibility index (Phi) is 7.13. The first kappa shape index (κ1) is 20.1. The number of guanidine groups is 1. The van der Waals surface area contributed by atoms with E-state index in [1.807, 2.05) is 0 Å². The van der Waals surface area contributed by atoms with Crippen molar-refractivity contribution in [3.63, 3.8) is 0 Å². The summed E-state index contributed by atoms with van der Waals surface area (Å²) >= 11 is 0. The van der Waals surface area contributed by atoms with E-state index < -0.39 is 0 Å². The van der Waals surface area contributed by atoms with Crippen LogP contribution in [-0.4, -0.2) is 23.9 Å². The zero-order valence-corrected chi connectivity index (χ0v) is 18.1. The highest BCUT2D eigenvalue weighted by atomic mass is 127. The lowest BCUT2D eigenvalue weighted by Crippen LogP contribution is -2.22. The molecule has 0 aromatic heterocycles. The molecule has 1 saturated heterocycles. The van der Waals surface area contributed by atoms with Gasteiger partial charge in [-0.1, -0.05) is 30.3 Å². The molecule has 2 aliphatic rings. The Bertz CT molecular complexity index is 779. The van der Waals surface area contributed by atoms with Gasteiger partial charge < -0.3 is 11.1 Å². The fraction of sp³-hybridized carbons (Fsp3) is 0.409. The molecule has 4 rings (SSSR count). The van der Waals surface area contributed by atoms with E-state index in [0.29, 0.717) is 12.5 Å². The molecule has 1 aliphatic heterocycles. The van der Waals surface area contributed by atoms with E-state index in [9.17, 15) is 0 Å². The molecule has 1 fully saturated rings. The first-order valence-electron chi connectivity index (χ1n) is 9.75. The molecule has 0 radical (unpaired) electrons. The monoisotopic (exact) mass is 476 g/mol. The minimum absolute atomic E-state index is 0. The number of nitrogens with two attached hydrogens (primary N) is 1. The van der Waals surface area contributed by atoms with Crippen molar-refractivity contribution < 1.29 is 0 Å². The summed E-state index contributed by atoms with van der Waals surface area (Å²) in [5.41, 5.74) is 12.6. The third kappa shape index (κ3) is 5.45. The molecule has 0 saturated carbocycles. The highest BCUT2D eigenvalue weighted by molar-refractivity contribution is 14.0. The summed E-state index contributed by atoms with van der Waals surface area (Å²) in [6, 6.07) is 15.3. The number of fused-ring (bicyclic) bond motifs is 1. The fourth-order valence-electron chi connectivity index (χ4n) is 3.96. The van der Waals surface area contributed by atoms with Crippen molar-refractivity contribution in [2.45, 2.75) is 45.2 Å². The van der Waals surface area contributed by atoms with Crippen LogP contribution in [0.2, 0.25) is 0 Å². The van der Waals surface area contributed by atoms with E-state index in [0.717, 1.165) is 12.2 Å². The zero-order chi connectivity index (χ0) is 17.8. The summed E-state index contributed by atoms with van der Waals surface area (Å²) in [7, 11) is 0. The molecular formula is C22H29IN4. The van der Waals surface area contributed by atoms with Gasteiger partial charge >= 0.3 is 0 Å². The Labute approximate surface area is 179 Å². The van der Waals surface area contributed by atoms with Crippen LogP contribution >= 0.6 is 24.0 Å². The number of hydrogen-bond donors (Lipinski definition) is 2. The van der Waals surface area contributed by atoms with Gasteiger partial charge in [0, 0.05) is 12.2 Å². The van der Waals surface area contributed by atoms with Crippen molar-refractivity contribution in [1.29, 1.82) is 0 Å². The molecule has 0 atom stereocenters. The van der Waals surface area contributed by atoms with Crippen molar-refractivity contribution >= 4 is 35.6 Å². The number of rotatable bonds is 5. The van der Waals surface area contributed by atoms with Crippen LogP contribution in [0.3, 0.4) is 0 Å². The average molecular weight is 476 g/mol. The van der Waals surface area contributed by atoms with Crippen molar-refractivity contribution in [3.05, 3.63) is 64.7 Å². The SMILES string of the molecule is I.NC(=NCc1ccc(CN2CCCC2)cc1)Nc1ccc2c(c1)CCC2. The first-order chi connectivity index (χ1) is 12.8. The number of aryl methyl sites for hydroxylation is 2. The summed E-state index contributed by atoms with van der Waals surface area (Å²) < 4.78 is 0. The lowest BCUT2D eigenvalue weighted by Gasteiger charge is -2.14. The molecule has 0 unspecified atom stereocenters. The molecule has 144 valence electrons. The third-order valence-electron chi connectivity index (χ3n) is 5.43. The molecule has 3 N–H and O–H groups in total. The number of nitrogens with zero attached hydrogens (tertiary/aromatic N) is 2. The highest BCUT2D eigenvalue weighted by Gasteiger charge is 2.12. The van der Waals surface area contributed by atoms with E-state index in [2.05, 4.69) is 57.7 Å². The first-order valence-corrected chi connectivity index (χ1v) is 9.75. The molecule has 1 heterocycles. The number of halogens is 1. The van der Waals surface area contributed by atoms with Crippen LogP contribution in [0, 0.1) is 0 Å². The van der Waals surface area contributed by atoms with Crippen LogP contribution in [0.1, 0.15) is 41.5 Å². The van der Waals surface area contributed by atoms with Crippen molar-refractivity contribution in [2.75, 3.05) is 18.4 Å². The Morgan fingerprint density at radius 2 is 1.63 bits per heavy atom.